The first-order valence-electron chi connectivity index (χ1n) is 9.45. The SMILES string of the molecule is Cc1ccc(C(=O)Nc2ccc3c(c2)N(CCCN(C)C)C(=O)CO3)cc1C. The lowest BCUT2D eigenvalue weighted by Crippen LogP contribution is -2.40. The summed E-state index contributed by atoms with van der Waals surface area (Å²) in [5.74, 6) is 0.419. The van der Waals surface area contributed by atoms with Crippen LogP contribution in [0.15, 0.2) is 36.4 Å². The molecule has 1 aliphatic rings. The Labute approximate surface area is 166 Å². The highest BCUT2D eigenvalue weighted by Gasteiger charge is 2.25. The van der Waals surface area contributed by atoms with E-state index >= 15 is 0 Å². The van der Waals surface area contributed by atoms with Gasteiger partial charge in [0, 0.05) is 17.8 Å². The van der Waals surface area contributed by atoms with Crippen molar-refractivity contribution < 1.29 is 14.3 Å². The van der Waals surface area contributed by atoms with Crippen LogP contribution in [0.1, 0.15) is 27.9 Å². The Balaban J connectivity index is 1.78. The minimum absolute atomic E-state index is 0.0450. The van der Waals surface area contributed by atoms with E-state index in [1.54, 1.807) is 23.1 Å². The first-order chi connectivity index (χ1) is 13.3. The molecule has 2 aromatic rings. The van der Waals surface area contributed by atoms with Gasteiger partial charge in [0.2, 0.25) is 0 Å². The molecule has 0 aromatic heterocycles. The molecular weight excluding hydrogens is 354 g/mol. The largest absolute Gasteiger partial charge is 0.482 e. The summed E-state index contributed by atoms with van der Waals surface area (Å²) in [6, 6.07) is 11.0. The molecule has 0 spiro atoms. The molecule has 28 heavy (non-hydrogen) atoms. The maximum absolute atomic E-state index is 12.6. The van der Waals surface area contributed by atoms with Gasteiger partial charge in [0.15, 0.2) is 6.61 Å². The number of aryl methyl sites for hydroxylation is 2. The van der Waals surface area contributed by atoms with Gasteiger partial charge in [-0.1, -0.05) is 6.07 Å². The van der Waals surface area contributed by atoms with Gasteiger partial charge in [0.05, 0.1) is 5.69 Å². The van der Waals surface area contributed by atoms with E-state index < -0.39 is 0 Å². The quantitative estimate of drug-likeness (QED) is 0.835. The molecule has 0 saturated carbocycles. The molecule has 0 bridgehead atoms. The summed E-state index contributed by atoms with van der Waals surface area (Å²) in [4.78, 5) is 28.8. The lowest BCUT2D eigenvalue weighted by molar-refractivity contribution is -0.121. The van der Waals surface area contributed by atoms with Gasteiger partial charge < -0.3 is 19.9 Å². The van der Waals surface area contributed by atoms with Crippen LogP contribution in [0.25, 0.3) is 0 Å². The molecule has 0 unspecified atom stereocenters. The first kappa shape index (κ1) is 19.9. The molecule has 6 heteroatoms. The molecule has 1 aliphatic heterocycles. The van der Waals surface area contributed by atoms with Crippen molar-refractivity contribution in [1.29, 1.82) is 0 Å². The Morgan fingerprint density at radius 2 is 1.93 bits per heavy atom. The summed E-state index contributed by atoms with van der Waals surface area (Å²) in [5, 5.41) is 2.92. The summed E-state index contributed by atoms with van der Waals surface area (Å²) in [5.41, 5.74) is 4.17. The van der Waals surface area contributed by atoms with Gasteiger partial charge in [0.25, 0.3) is 11.8 Å². The smallest absolute Gasteiger partial charge is 0.265 e. The zero-order valence-corrected chi connectivity index (χ0v) is 16.9. The van der Waals surface area contributed by atoms with Crippen LogP contribution in [-0.2, 0) is 4.79 Å². The van der Waals surface area contributed by atoms with Gasteiger partial charge in [-0.3, -0.25) is 9.59 Å². The molecule has 6 nitrogen and oxygen atoms in total. The Morgan fingerprint density at radius 3 is 2.64 bits per heavy atom. The van der Waals surface area contributed by atoms with E-state index in [1.165, 1.54) is 0 Å². The molecule has 0 saturated heterocycles. The van der Waals surface area contributed by atoms with E-state index in [0.29, 0.717) is 29.2 Å². The molecule has 2 amide bonds. The van der Waals surface area contributed by atoms with Gasteiger partial charge in [-0.25, -0.2) is 0 Å². The zero-order valence-electron chi connectivity index (χ0n) is 16.9. The minimum Gasteiger partial charge on any atom is -0.482 e. The van der Waals surface area contributed by atoms with E-state index in [0.717, 1.165) is 24.1 Å². The number of nitrogens with zero attached hydrogens (tertiary/aromatic N) is 2. The second kappa shape index (κ2) is 8.44. The molecular formula is C22H27N3O3. The Morgan fingerprint density at radius 1 is 1.14 bits per heavy atom. The van der Waals surface area contributed by atoms with Crippen molar-refractivity contribution >= 4 is 23.2 Å². The number of fused-ring (bicyclic) bond motifs is 1. The van der Waals surface area contributed by atoms with Crippen LogP contribution in [0.3, 0.4) is 0 Å². The van der Waals surface area contributed by atoms with Crippen molar-refractivity contribution in [2.24, 2.45) is 0 Å². The number of carbonyl (C=O) groups is 2. The van der Waals surface area contributed by atoms with Gasteiger partial charge in [0.1, 0.15) is 5.75 Å². The number of ether oxygens (including phenoxy) is 1. The average Bonchev–Trinajstić information content (AvgIpc) is 2.65. The van der Waals surface area contributed by atoms with E-state index in [2.05, 4.69) is 10.2 Å². The molecule has 0 radical (unpaired) electrons. The van der Waals surface area contributed by atoms with Gasteiger partial charge in [-0.15, -0.1) is 0 Å². The highest BCUT2D eigenvalue weighted by atomic mass is 16.5. The topological polar surface area (TPSA) is 61.9 Å². The van der Waals surface area contributed by atoms with E-state index in [-0.39, 0.29) is 18.4 Å². The summed E-state index contributed by atoms with van der Waals surface area (Å²) in [6.45, 7) is 5.55. The van der Waals surface area contributed by atoms with Crippen LogP contribution >= 0.6 is 0 Å². The van der Waals surface area contributed by atoms with Crippen LogP contribution in [0.2, 0.25) is 0 Å². The molecule has 1 heterocycles. The predicted octanol–water partition coefficient (Wildman–Crippen LogP) is 3.23. The van der Waals surface area contributed by atoms with Crippen molar-refractivity contribution in [1.82, 2.24) is 4.90 Å². The predicted molar refractivity (Wildman–Crippen MR) is 111 cm³/mol. The highest BCUT2D eigenvalue weighted by molar-refractivity contribution is 6.05. The number of benzene rings is 2. The summed E-state index contributed by atoms with van der Waals surface area (Å²) in [7, 11) is 4.02. The third kappa shape index (κ3) is 4.51. The lowest BCUT2D eigenvalue weighted by atomic mass is 10.1. The van der Waals surface area contributed by atoms with Crippen LogP contribution < -0.4 is 15.0 Å². The van der Waals surface area contributed by atoms with E-state index in [4.69, 9.17) is 4.74 Å². The van der Waals surface area contributed by atoms with E-state index in [9.17, 15) is 9.59 Å². The molecule has 0 atom stereocenters. The van der Waals surface area contributed by atoms with Gasteiger partial charge >= 0.3 is 0 Å². The number of carbonyl (C=O) groups excluding carboxylic acids is 2. The lowest BCUT2D eigenvalue weighted by Gasteiger charge is -2.30. The van der Waals surface area contributed by atoms with Gasteiger partial charge in [-0.2, -0.15) is 0 Å². The monoisotopic (exact) mass is 381 g/mol. The van der Waals surface area contributed by atoms with Crippen molar-refractivity contribution in [2.45, 2.75) is 20.3 Å². The minimum atomic E-state index is -0.176. The maximum Gasteiger partial charge on any atom is 0.265 e. The maximum atomic E-state index is 12.6. The molecule has 148 valence electrons. The van der Waals surface area contributed by atoms with Crippen LogP contribution in [0, 0.1) is 13.8 Å². The number of hydrogen-bond donors (Lipinski definition) is 1. The Bertz CT molecular complexity index is 893. The average molecular weight is 381 g/mol. The molecule has 2 aromatic carbocycles. The fourth-order valence-corrected chi connectivity index (χ4v) is 3.16. The molecule has 0 aliphatic carbocycles. The summed E-state index contributed by atoms with van der Waals surface area (Å²) in [6.07, 6.45) is 0.859. The van der Waals surface area contributed by atoms with Crippen molar-refractivity contribution in [3.63, 3.8) is 0 Å². The van der Waals surface area contributed by atoms with Crippen molar-refractivity contribution in [2.75, 3.05) is 44.0 Å². The second-order valence-electron chi connectivity index (χ2n) is 7.43. The highest BCUT2D eigenvalue weighted by Crippen LogP contribution is 2.34. The number of nitrogens with one attached hydrogen (secondary N) is 1. The standard InChI is InChI=1S/C22H27N3O3/c1-15-6-7-17(12-16(15)2)22(27)23-18-8-9-20-19(13-18)25(21(26)14-28-20)11-5-10-24(3)4/h6-9,12-13H,5,10-11,14H2,1-4H3,(H,23,27). The number of hydrogen-bond acceptors (Lipinski definition) is 4. The fraction of sp³-hybridized carbons (Fsp3) is 0.364. The number of rotatable bonds is 6. The summed E-state index contributed by atoms with van der Waals surface area (Å²) >= 11 is 0. The molecule has 0 fully saturated rings. The molecule has 3 rings (SSSR count). The first-order valence-corrected chi connectivity index (χ1v) is 9.45. The molecule has 1 N–H and O–H groups in total. The normalized spacial score (nSPS) is 13.3. The zero-order chi connectivity index (χ0) is 20.3. The Hall–Kier alpha value is -2.86. The summed E-state index contributed by atoms with van der Waals surface area (Å²) < 4.78 is 5.55. The second-order valence-corrected chi connectivity index (χ2v) is 7.43. The third-order valence-corrected chi connectivity index (χ3v) is 4.92. The van der Waals surface area contributed by atoms with Crippen molar-refractivity contribution in [3.05, 3.63) is 53.1 Å². The van der Waals surface area contributed by atoms with E-state index in [1.807, 2.05) is 46.1 Å². The third-order valence-electron chi connectivity index (χ3n) is 4.92. The van der Waals surface area contributed by atoms with Crippen LogP contribution in [0.4, 0.5) is 11.4 Å². The number of amides is 2. The van der Waals surface area contributed by atoms with Crippen molar-refractivity contribution in [3.8, 4) is 5.75 Å². The Kier molecular flexibility index (Phi) is 5.99. The van der Waals surface area contributed by atoms with Gasteiger partial charge in [-0.05, 0) is 82.4 Å². The van der Waals surface area contributed by atoms with Crippen LogP contribution in [0.5, 0.6) is 5.75 Å². The number of anilines is 2. The van der Waals surface area contributed by atoms with Crippen LogP contribution in [-0.4, -0.2) is 50.5 Å². The fourth-order valence-electron chi connectivity index (χ4n) is 3.16.